The number of hydrogen-bond acceptors (Lipinski definition) is 6. The fourth-order valence-electron chi connectivity index (χ4n) is 6.10. The van der Waals surface area contributed by atoms with Crippen LogP contribution in [-0.4, -0.2) is 70.6 Å². The van der Waals surface area contributed by atoms with Gasteiger partial charge in [-0.05, 0) is 71.2 Å². The summed E-state index contributed by atoms with van der Waals surface area (Å²) in [5.74, 6) is 1.11. The van der Waals surface area contributed by atoms with Crippen LogP contribution in [0.15, 0.2) is 30.5 Å². The molecule has 7 nitrogen and oxygen atoms in total. The monoisotopic (exact) mass is 477 g/mol. The minimum absolute atomic E-state index is 0.0197. The van der Waals surface area contributed by atoms with Crippen molar-refractivity contribution in [2.24, 2.45) is 5.92 Å². The predicted octanol–water partition coefficient (Wildman–Crippen LogP) is 3.77. The molecule has 2 fully saturated rings. The number of likely N-dealkylation sites (tertiary alicyclic amines) is 1. The predicted molar refractivity (Wildman–Crippen MR) is 137 cm³/mol. The number of benzene rings is 1. The van der Waals surface area contributed by atoms with Gasteiger partial charge in [-0.1, -0.05) is 29.8 Å². The van der Waals surface area contributed by atoms with Crippen molar-refractivity contribution in [1.29, 1.82) is 0 Å². The summed E-state index contributed by atoms with van der Waals surface area (Å²) < 4.78 is 5.47. The van der Waals surface area contributed by atoms with Crippen molar-refractivity contribution < 1.29 is 9.53 Å². The highest BCUT2D eigenvalue weighted by Gasteiger charge is 2.42. The lowest BCUT2D eigenvalue weighted by atomic mass is 9.74. The molecule has 0 aliphatic carbocycles. The molecule has 35 heavy (non-hydrogen) atoms. The largest absolute Gasteiger partial charge is 0.381 e. The lowest BCUT2D eigenvalue weighted by molar-refractivity contribution is -0.142. The summed E-state index contributed by atoms with van der Waals surface area (Å²) in [6.45, 7) is 9.62. The van der Waals surface area contributed by atoms with Crippen molar-refractivity contribution >= 4 is 11.9 Å². The summed E-state index contributed by atoms with van der Waals surface area (Å²) in [4.78, 5) is 28.1. The van der Waals surface area contributed by atoms with Crippen LogP contribution in [0.3, 0.4) is 0 Å². The van der Waals surface area contributed by atoms with Gasteiger partial charge in [0.05, 0.1) is 12.2 Å². The Morgan fingerprint density at radius 3 is 2.74 bits per heavy atom. The highest BCUT2D eigenvalue weighted by atomic mass is 16.5. The smallest absolute Gasteiger partial charge is 0.227 e. The Labute approximate surface area is 209 Å². The van der Waals surface area contributed by atoms with Crippen molar-refractivity contribution in [1.82, 2.24) is 19.8 Å². The average molecular weight is 478 g/mol. The molecule has 0 radical (unpaired) electrons. The van der Waals surface area contributed by atoms with Crippen LogP contribution in [0, 0.1) is 12.8 Å². The first-order valence-corrected chi connectivity index (χ1v) is 13.2. The van der Waals surface area contributed by atoms with E-state index in [0.717, 1.165) is 56.7 Å². The lowest BCUT2D eigenvalue weighted by Crippen LogP contribution is -2.52. The number of hydrogen-bond donors (Lipinski definition) is 1. The number of amides is 1. The second kappa shape index (κ2) is 10.2. The number of rotatable bonds is 4. The first-order chi connectivity index (χ1) is 16.9. The second-order valence-corrected chi connectivity index (χ2v) is 10.8. The summed E-state index contributed by atoms with van der Waals surface area (Å²) >= 11 is 0. The van der Waals surface area contributed by atoms with E-state index in [4.69, 9.17) is 9.72 Å². The molecule has 0 bridgehead atoms. The third kappa shape index (κ3) is 5.07. The Kier molecular flexibility index (Phi) is 7.07. The Morgan fingerprint density at radius 2 is 1.97 bits per heavy atom. The molecule has 1 aromatic heterocycles. The van der Waals surface area contributed by atoms with Gasteiger partial charge in [-0.25, -0.2) is 9.97 Å². The van der Waals surface area contributed by atoms with E-state index in [1.807, 2.05) is 6.20 Å². The minimum atomic E-state index is -0.0197. The van der Waals surface area contributed by atoms with Crippen LogP contribution in [-0.2, 0) is 22.5 Å². The first-order valence-electron chi connectivity index (χ1n) is 13.2. The quantitative estimate of drug-likeness (QED) is 0.723. The number of anilines is 1. The molecule has 0 spiro atoms. The standard InChI is InChI=1S/C28H39N5O2/c1-18-6-5-7-21(14-18)26-20(3)32(4)11-8-24(26)27(34)33-17-25-22(15-19(33)2)16-29-28(31-25)30-23-9-12-35-13-10-23/h5-7,14,16,19-20,23-24,26H,8-13,15,17H2,1-4H3,(H,29,30,31)/t19-,20?,24-,26+/m1/s1. The van der Waals surface area contributed by atoms with E-state index in [-0.39, 0.29) is 23.8 Å². The average Bonchev–Trinajstić information content (AvgIpc) is 2.85. The van der Waals surface area contributed by atoms with E-state index in [9.17, 15) is 4.79 Å². The maximum absolute atomic E-state index is 14.1. The van der Waals surface area contributed by atoms with Crippen molar-refractivity contribution in [3.63, 3.8) is 0 Å². The zero-order valence-electron chi connectivity index (χ0n) is 21.5. The normalized spacial score (nSPS) is 27.9. The molecule has 0 saturated carbocycles. The maximum atomic E-state index is 14.1. The number of aromatic nitrogens is 2. The summed E-state index contributed by atoms with van der Waals surface area (Å²) in [6.07, 6.45) is 5.58. The molecule has 1 amide bonds. The van der Waals surface area contributed by atoms with Crippen LogP contribution < -0.4 is 5.32 Å². The van der Waals surface area contributed by atoms with Gasteiger partial charge in [0.15, 0.2) is 0 Å². The topological polar surface area (TPSA) is 70.6 Å². The van der Waals surface area contributed by atoms with Gasteiger partial charge >= 0.3 is 0 Å². The number of likely N-dealkylation sites (N-methyl/N-ethyl adjacent to an activating group) is 1. The van der Waals surface area contributed by atoms with E-state index < -0.39 is 0 Å². The van der Waals surface area contributed by atoms with Crippen molar-refractivity contribution in [3.05, 3.63) is 52.8 Å². The van der Waals surface area contributed by atoms with Gasteiger partial charge in [-0.2, -0.15) is 0 Å². The number of fused-ring (bicyclic) bond motifs is 1. The SMILES string of the molecule is Cc1cccc([C@@H]2C(C)N(C)CC[C@H]2C(=O)N2Cc3nc(NC4CCOCC4)ncc3C[C@H]2C)c1. The number of aryl methyl sites for hydroxylation is 1. The highest BCUT2D eigenvalue weighted by molar-refractivity contribution is 5.81. The van der Waals surface area contributed by atoms with Gasteiger partial charge in [0.25, 0.3) is 0 Å². The molecule has 1 N–H and O–H groups in total. The fraction of sp³-hybridized carbons (Fsp3) is 0.607. The number of nitrogens with one attached hydrogen (secondary N) is 1. The van der Waals surface area contributed by atoms with E-state index in [2.05, 4.69) is 72.2 Å². The Morgan fingerprint density at radius 1 is 1.17 bits per heavy atom. The first kappa shape index (κ1) is 24.2. The Balaban J connectivity index is 1.37. The van der Waals surface area contributed by atoms with Crippen LogP contribution in [0.25, 0.3) is 0 Å². The molecule has 4 atom stereocenters. The van der Waals surface area contributed by atoms with Gasteiger partial charge in [-0.3, -0.25) is 4.79 Å². The van der Waals surface area contributed by atoms with Crippen molar-refractivity contribution in [2.75, 3.05) is 32.1 Å². The summed E-state index contributed by atoms with van der Waals surface area (Å²) in [7, 11) is 2.18. The molecule has 2 saturated heterocycles. The fourth-order valence-corrected chi connectivity index (χ4v) is 6.10. The summed E-state index contributed by atoms with van der Waals surface area (Å²) in [5.41, 5.74) is 4.66. The third-order valence-corrected chi connectivity index (χ3v) is 8.34. The minimum Gasteiger partial charge on any atom is -0.381 e. The number of piperidine rings is 1. The third-order valence-electron chi connectivity index (χ3n) is 8.34. The van der Waals surface area contributed by atoms with Crippen LogP contribution in [0.2, 0.25) is 0 Å². The zero-order valence-corrected chi connectivity index (χ0v) is 21.5. The number of carbonyl (C=O) groups excluding carboxylic acids is 1. The highest BCUT2D eigenvalue weighted by Crippen LogP contribution is 2.39. The van der Waals surface area contributed by atoms with Gasteiger partial charge in [0, 0.05) is 49.4 Å². The number of ether oxygens (including phenoxy) is 1. The Bertz CT molecular complexity index is 1050. The van der Waals surface area contributed by atoms with Crippen LogP contribution >= 0.6 is 0 Å². The molecule has 5 rings (SSSR count). The maximum Gasteiger partial charge on any atom is 0.227 e. The molecule has 1 aromatic carbocycles. The van der Waals surface area contributed by atoms with Crippen LogP contribution in [0.5, 0.6) is 0 Å². The molecule has 2 aromatic rings. The molecular formula is C28H39N5O2. The van der Waals surface area contributed by atoms with Gasteiger partial charge in [0.2, 0.25) is 11.9 Å². The Hall–Kier alpha value is -2.51. The van der Waals surface area contributed by atoms with E-state index in [0.29, 0.717) is 24.6 Å². The van der Waals surface area contributed by atoms with Gasteiger partial charge in [-0.15, -0.1) is 0 Å². The van der Waals surface area contributed by atoms with Gasteiger partial charge in [0.1, 0.15) is 0 Å². The van der Waals surface area contributed by atoms with E-state index in [1.165, 1.54) is 11.1 Å². The zero-order chi connectivity index (χ0) is 24.5. The lowest BCUT2D eigenvalue weighted by Gasteiger charge is -2.45. The molecule has 1 unspecified atom stereocenters. The molecule has 3 aliphatic heterocycles. The second-order valence-electron chi connectivity index (χ2n) is 10.8. The summed E-state index contributed by atoms with van der Waals surface area (Å²) in [6, 6.07) is 9.51. The molecular weight excluding hydrogens is 438 g/mol. The molecule has 4 heterocycles. The van der Waals surface area contributed by atoms with Gasteiger partial charge < -0.3 is 19.9 Å². The van der Waals surface area contributed by atoms with Crippen LogP contribution in [0.4, 0.5) is 5.95 Å². The number of carbonyl (C=O) groups is 1. The summed E-state index contributed by atoms with van der Waals surface area (Å²) in [5, 5.41) is 3.48. The van der Waals surface area contributed by atoms with E-state index >= 15 is 0 Å². The van der Waals surface area contributed by atoms with Crippen LogP contribution in [0.1, 0.15) is 61.4 Å². The molecule has 188 valence electrons. The van der Waals surface area contributed by atoms with E-state index in [1.54, 1.807) is 0 Å². The number of nitrogens with zero attached hydrogens (tertiary/aromatic N) is 4. The van der Waals surface area contributed by atoms with Crippen molar-refractivity contribution in [3.8, 4) is 0 Å². The molecule has 7 heteroatoms. The van der Waals surface area contributed by atoms with Crippen molar-refractivity contribution in [2.45, 2.75) is 77.0 Å². The molecule has 3 aliphatic rings.